The van der Waals surface area contributed by atoms with Gasteiger partial charge in [-0.15, -0.1) is 11.3 Å². The van der Waals surface area contributed by atoms with Crippen molar-refractivity contribution in [1.82, 2.24) is 4.98 Å². The van der Waals surface area contributed by atoms with Crippen LogP contribution in [0.5, 0.6) is 11.5 Å². The van der Waals surface area contributed by atoms with Crippen LogP contribution in [-0.4, -0.2) is 24.1 Å². The lowest BCUT2D eigenvalue weighted by molar-refractivity contribution is -0.384. The molecule has 0 radical (unpaired) electrons. The number of benzene rings is 2. The number of methoxy groups -OCH3 is 2. The lowest BCUT2D eigenvalue weighted by Crippen LogP contribution is -1.96. The van der Waals surface area contributed by atoms with Crippen LogP contribution in [0.3, 0.4) is 0 Å². The Balaban J connectivity index is 1.85. The third-order valence-corrected chi connectivity index (χ3v) is 4.65. The number of rotatable bonds is 6. The van der Waals surface area contributed by atoms with Crippen LogP contribution in [0.2, 0.25) is 5.02 Å². The zero-order chi connectivity index (χ0) is 18.7. The van der Waals surface area contributed by atoms with E-state index in [9.17, 15) is 10.1 Å². The number of hydrogen-bond acceptors (Lipinski definition) is 7. The summed E-state index contributed by atoms with van der Waals surface area (Å²) in [7, 11) is 3.08. The summed E-state index contributed by atoms with van der Waals surface area (Å²) in [5.41, 5.74) is 2.21. The number of nitrogens with zero attached hydrogens (tertiary/aromatic N) is 2. The van der Waals surface area contributed by atoms with Gasteiger partial charge in [0.05, 0.1) is 35.5 Å². The fourth-order valence-electron chi connectivity index (χ4n) is 2.29. The van der Waals surface area contributed by atoms with Gasteiger partial charge < -0.3 is 14.8 Å². The normalized spacial score (nSPS) is 10.4. The van der Waals surface area contributed by atoms with E-state index in [4.69, 9.17) is 21.1 Å². The topological polar surface area (TPSA) is 86.5 Å². The van der Waals surface area contributed by atoms with Crippen LogP contribution in [0.1, 0.15) is 0 Å². The van der Waals surface area contributed by atoms with Gasteiger partial charge in [-0.3, -0.25) is 10.1 Å². The molecule has 1 N–H and O–H groups in total. The fourth-order valence-corrected chi connectivity index (χ4v) is 3.25. The molecule has 7 nitrogen and oxygen atoms in total. The molecule has 1 heterocycles. The van der Waals surface area contributed by atoms with E-state index in [-0.39, 0.29) is 5.69 Å². The second-order valence-corrected chi connectivity index (χ2v) is 6.42. The highest BCUT2D eigenvalue weighted by Gasteiger charge is 2.13. The Bertz CT molecular complexity index is 944. The van der Waals surface area contributed by atoms with Crippen molar-refractivity contribution >= 4 is 39.4 Å². The average Bonchev–Trinajstić information content (AvgIpc) is 3.11. The monoisotopic (exact) mass is 391 g/mol. The largest absolute Gasteiger partial charge is 0.495 e. The molecule has 26 heavy (non-hydrogen) atoms. The van der Waals surface area contributed by atoms with Crippen LogP contribution in [0.15, 0.2) is 41.8 Å². The van der Waals surface area contributed by atoms with Crippen LogP contribution in [-0.2, 0) is 0 Å². The molecular formula is C17H14ClN3O4S. The van der Waals surface area contributed by atoms with Gasteiger partial charge in [0.2, 0.25) is 0 Å². The van der Waals surface area contributed by atoms with Crippen LogP contribution in [0, 0.1) is 10.1 Å². The summed E-state index contributed by atoms with van der Waals surface area (Å²) in [5, 5.41) is 16.9. The minimum absolute atomic E-state index is 0.0420. The van der Waals surface area contributed by atoms with Gasteiger partial charge in [-0.05, 0) is 12.1 Å². The Morgan fingerprint density at radius 3 is 2.46 bits per heavy atom. The smallest absolute Gasteiger partial charge is 0.269 e. The van der Waals surface area contributed by atoms with Crippen molar-refractivity contribution in [2.24, 2.45) is 0 Å². The Morgan fingerprint density at radius 1 is 1.15 bits per heavy atom. The number of anilines is 2. The molecular weight excluding hydrogens is 378 g/mol. The molecule has 0 spiro atoms. The molecule has 0 saturated heterocycles. The summed E-state index contributed by atoms with van der Waals surface area (Å²) in [6.07, 6.45) is 0. The quantitative estimate of drug-likeness (QED) is 0.463. The van der Waals surface area contributed by atoms with E-state index in [2.05, 4.69) is 10.3 Å². The summed E-state index contributed by atoms with van der Waals surface area (Å²) >= 11 is 7.51. The molecule has 0 bridgehead atoms. The number of aromatic nitrogens is 1. The van der Waals surface area contributed by atoms with Gasteiger partial charge in [0.1, 0.15) is 11.5 Å². The number of nitro benzene ring substituents is 1. The van der Waals surface area contributed by atoms with E-state index >= 15 is 0 Å². The zero-order valence-electron chi connectivity index (χ0n) is 13.9. The third-order valence-electron chi connectivity index (χ3n) is 3.59. The molecule has 0 atom stereocenters. The second kappa shape index (κ2) is 7.59. The second-order valence-electron chi connectivity index (χ2n) is 5.15. The van der Waals surface area contributed by atoms with Gasteiger partial charge in [-0.25, -0.2) is 4.98 Å². The van der Waals surface area contributed by atoms with Gasteiger partial charge in [0, 0.05) is 35.2 Å². The van der Waals surface area contributed by atoms with E-state index < -0.39 is 4.92 Å². The number of halogens is 1. The molecule has 0 aliphatic rings. The van der Waals surface area contributed by atoms with Crippen molar-refractivity contribution in [3.8, 4) is 22.8 Å². The van der Waals surface area contributed by atoms with Crippen molar-refractivity contribution in [2.45, 2.75) is 0 Å². The molecule has 0 aliphatic heterocycles. The van der Waals surface area contributed by atoms with E-state index in [0.717, 1.165) is 5.56 Å². The molecule has 1 aromatic heterocycles. The van der Waals surface area contributed by atoms with E-state index in [1.807, 2.05) is 5.38 Å². The van der Waals surface area contributed by atoms with Crippen molar-refractivity contribution in [2.75, 3.05) is 19.5 Å². The van der Waals surface area contributed by atoms with Gasteiger partial charge in [-0.2, -0.15) is 0 Å². The van der Waals surface area contributed by atoms with E-state index in [1.54, 1.807) is 31.4 Å². The van der Waals surface area contributed by atoms with Gasteiger partial charge in [0.15, 0.2) is 5.13 Å². The first-order valence-electron chi connectivity index (χ1n) is 7.40. The Kier molecular flexibility index (Phi) is 5.24. The Morgan fingerprint density at radius 2 is 1.85 bits per heavy atom. The number of hydrogen-bond donors (Lipinski definition) is 1. The molecule has 0 amide bonds. The van der Waals surface area contributed by atoms with Crippen molar-refractivity contribution in [1.29, 1.82) is 0 Å². The van der Waals surface area contributed by atoms with Crippen LogP contribution in [0.4, 0.5) is 16.5 Å². The first kappa shape index (κ1) is 18.0. The van der Waals surface area contributed by atoms with Crippen molar-refractivity contribution < 1.29 is 14.4 Å². The van der Waals surface area contributed by atoms with E-state index in [1.165, 1.54) is 30.6 Å². The molecule has 134 valence electrons. The number of thiazole rings is 1. The highest BCUT2D eigenvalue weighted by molar-refractivity contribution is 7.14. The molecule has 3 aromatic rings. The average molecular weight is 392 g/mol. The van der Waals surface area contributed by atoms with Crippen molar-refractivity contribution in [3.05, 3.63) is 56.9 Å². The summed E-state index contributed by atoms with van der Waals surface area (Å²) in [6.45, 7) is 0. The molecule has 0 saturated carbocycles. The minimum atomic E-state index is -0.433. The van der Waals surface area contributed by atoms with Crippen LogP contribution in [0.25, 0.3) is 11.3 Å². The van der Waals surface area contributed by atoms with Crippen molar-refractivity contribution in [3.63, 3.8) is 0 Å². The lowest BCUT2D eigenvalue weighted by Gasteiger charge is -2.12. The standard InChI is InChI=1S/C17H14ClN3O4S/c1-24-15-8-13(16(25-2)7-12(15)18)19-17-20-14(9-26-17)10-3-5-11(6-4-10)21(22)23/h3-9H,1-2H3,(H,19,20). The molecule has 0 aliphatic carbocycles. The zero-order valence-corrected chi connectivity index (χ0v) is 15.4. The predicted molar refractivity (Wildman–Crippen MR) is 102 cm³/mol. The maximum absolute atomic E-state index is 10.7. The predicted octanol–water partition coefficient (Wildman–Crippen LogP) is 5.13. The maximum Gasteiger partial charge on any atom is 0.269 e. The molecule has 2 aromatic carbocycles. The first-order chi connectivity index (χ1) is 12.5. The van der Waals surface area contributed by atoms with Crippen LogP contribution >= 0.6 is 22.9 Å². The van der Waals surface area contributed by atoms with Gasteiger partial charge >= 0.3 is 0 Å². The third kappa shape index (κ3) is 3.71. The van der Waals surface area contributed by atoms with Gasteiger partial charge in [-0.1, -0.05) is 11.6 Å². The molecule has 0 fully saturated rings. The summed E-state index contributed by atoms with van der Waals surface area (Å²) < 4.78 is 10.6. The number of non-ortho nitro benzene ring substituents is 1. The minimum Gasteiger partial charge on any atom is -0.495 e. The highest BCUT2D eigenvalue weighted by Crippen LogP contribution is 2.38. The number of nitrogens with one attached hydrogen (secondary N) is 1. The number of nitro groups is 1. The van der Waals surface area contributed by atoms with E-state index in [0.29, 0.717) is 33.0 Å². The molecule has 9 heteroatoms. The molecule has 3 rings (SSSR count). The lowest BCUT2D eigenvalue weighted by atomic mass is 10.1. The Labute approximate surface area is 158 Å². The van der Waals surface area contributed by atoms with Gasteiger partial charge in [0.25, 0.3) is 5.69 Å². The molecule has 0 unspecified atom stereocenters. The van der Waals surface area contributed by atoms with Crippen LogP contribution < -0.4 is 14.8 Å². The summed E-state index contributed by atoms with van der Waals surface area (Å²) in [4.78, 5) is 14.8. The summed E-state index contributed by atoms with van der Waals surface area (Å²) in [6, 6.07) is 9.64. The number of ether oxygens (including phenoxy) is 2. The maximum atomic E-state index is 10.7. The fraction of sp³-hybridized carbons (Fsp3) is 0.118. The summed E-state index contributed by atoms with van der Waals surface area (Å²) in [5.74, 6) is 1.07. The Hall–Kier alpha value is -2.84. The SMILES string of the molecule is COc1cc(Nc2nc(-c3ccc([N+](=O)[O-])cc3)cs2)c(OC)cc1Cl. The first-order valence-corrected chi connectivity index (χ1v) is 8.66. The highest BCUT2D eigenvalue weighted by atomic mass is 35.5.